The number of benzene rings is 1. The molecule has 3 aromatic rings. The molecule has 1 amide bonds. The van der Waals surface area contributed by atoms with E-state index in [2.05, 4.69) is 49.3 Å². The summed E-state index contributed by atoms with van der Waals surface area (Å²) in [7, 11) is 0. The van der Waals surface area contributed by atoms with Crippen molar-refractivity contribution in [3.63, 3.8) is 0 Å². The van der Waals surface area contributed by atoms with Crippen LogP contribution in [-0.4, -0.2) is 34.4 Å². The van der Waals surface area contributed by atoms with E-state index in [-0.39, 0.29) is 6.04 Å². The number of nitrogens with one attached hydrogen (secondary N) is 1. The lowest BCUT2D eigenvalue weighted by atomic mass is 9.94. The summed E-state index contributed by atoms with van der Waals surface area (Å²) in [5.74, 6) is 0. The van der Waals surface area contributed by atoms with Crippen molar-refractivity contribution in [3.8, 4) is 0 Å². The average Bonchev–Trinajstić information content (AvgIpc) is 2.89. The van der Waals surface area contributed by atoms with E-state index in [9.17, 15) is 4.79 Å². The Balaban J connectivity index is 0.000000196. The van der Waals surface area contributed by atoms with Crippen molar-refractivity contribution < 1.29 is 4.79 Å². The Morgan fingerprint density at radius 2 is 2.00 bits per heavy atom. The lowest BCUT2D eigenvalue weighted by Gasteiger charge is -2.39. The van der Waals surface area contributed by atoms with Crippen molar-refractivity contribution >= 4 is 33.9 Å². The van der Waals surface area contributed by atoms with Crippen molar-refractivity contribution in [2.75, 3.05) is 13.1 Å². The van der Waals surface area contributed by atoms with E-state index in [0.717, 1.165) is 41.0 Å². The minimum Gasteiger partial charge on any atom is -0.355 e. The number of halogens is 2. The van der Waals surface area contributed by atoms with Gasteiger partial charge in [0.1, 0.15) is 0 Å². The highest BCUT2D eigenvalue weighted by Crippen LogP contribution is 2.39. The minimum absolute atomic E-state index is 0.289. The second kappa shape index (κ2) is 10.4. The molecular formula is C24H24BrClN4O. The molecule has 0 spiro atoms. The van der Waals surface area contributed by atoms with Crippen LogP contribution in [0.25, 0.3) is 0 Å². The van der Waals surface area contributed by atoms with E-state index in [4.69, 9.17) is 16.6 Å². The van der Waals surface area contributed by atoms with Crippen LogP contribution >= 0.6 is 27.5 Å². The van der Waals surface area contributed by atoms with Gasteiger partial charge >= 0.3 is 0 Å². The predicted octanol–water partition coefficient (Wildman–Crippen LogP) is 4.72. The summed E-state index contributed by atoms with van der Waals surface area (Å²) in [6.45, 7) is 2.87. The molecule has 0 radical (unpaired) electrons. The smallest absolute Gasteiger partial charge is 0.207 e. The molecule has 1 unspecified atom stereocenters. The van der Waals surface area contributed by atoms with Gasteiger partial charge < -0.3 is 5.32 Å². The molecule has 5 nitrogen and oxygen atoms in total. The van der Waals surface area contributed by atoms with Gasteiger partial charge in [0.25, 0.3) is 0 Å². The molecule has 31 heavy (non-hydrogen) atoms. The Hall–Kier alpha value is -2.28. The number of carbonyl (C=O) groups excluding carboxylic acids is 1. The number of amides is 1. The topological polar surface area (TPSA) is 58.1 Å². The highest BCUT2D eigenvalue weighted by molar-refractivity contribution is 9.10. The first-order chi connectivity index (χ1) is 15.2. The Morgan fingerprint density at radius 3 is 2.71 bits per heavy atom. The number of fused-ring (bicyclic) bond motifs is 2. The number of hydrogen-bond acceptors (Lipinski definition) is 4. The van der Waals surface area contributed by atoms with E-state index in [1.807, 2.05) is 24.4 Å². The maximum atomic E-state index is 9.85. The van der Waals surface area contributed by atoms with E-state index in [1.165, 1.54) is 28.8 Å². The number of hydrogen-bond donors (Lipinski definition) is 1. The zero-order valence-electron chi connectivity index (χ0n) is 17.1. The van der Waals surface area contributed by atoms with Gasteiger partial charge in [-0.25, -0.2) is 0 Å². The molecular weight excluding hydrogens is 476 g/mol. The van der Waals surface area contributed by atoms with Crippen molar-refractivity contribution in [2.45, 2.75) is 31.8 Å². The summed E-state index contributed by atoms with van der Waals surface area (Å²) >= 11 is 9.76. The molecule has 1 aliphatic heterocycles. The molecule has 1 aliphatic carbocycles. The fraction of sp³-hybridized carbons (Fsp3) is 0.292. The molecule has 1 fully saturated rings. The Morgan fingerprint density at radius 1 is 1.16 bits per heavy atom. The molecule has 5 rings (SSSR count). The SMILES string of the molecule is Clc1ccc2c(c1)CCc1cc(Br)cnc1C2N1CCC1.O=CNCc1cccnc1. The number of aromatic nitrogens is 2. The molecule has 0 saturated carbocycles. The Kier molecular flexibility index (Phi) is 7.33. The van der Waals surface area contributed by atoms with Crippen LogP contribution in [-0.2, 0) is 24.2 Å². The summed E-state index contributed by atoms with van der Waals surface area (Å²) < 4.78 is 1.06. The summed E-state index contributed by atoms with van der Waals surface area (Å²) in [4.78, 5) is 21.0. The Bertz CT molecular complexity index is 990. The second-order valence-corrected chi connectivity index (χ2v) is 9.05. The molecule has 2 aliphatic rings. The summed E-state index contributed by atoms with van der Waals surface area (Å²) in [5, 5.41) is 3.37. The van der Waals surface area contributed by atoms with Crippen LogP contribution in [0.2, 0.25) is 5.02 Å². The number of rotatable bonds is 4. The van der Waals surface area contributed by atoms with Gasteiger partial charge in [-0.1, -0.05) is 23.7 Å². The first-order valence-corrected chi connectivity index (χ1v) is 11.6. The van der Waals surface area contributed by atoms with Crippen LogP contribution in [0, 0.1) is 0 Å². The van der Waals surface area contributed by atoms with Gasteiger partial charge in [-0.2, -0.15) is 0 Å². The zero-order chi connectivity index (χ0) is 21.6. The normalized spacial score (nSPS) is 17.2. The fourth-order valence-electron chi connectivity index (χ4n) is 4.04. The molecule has 2 aromatic heterocycles. The number of carbonyl (C=O) groups is 1. The van der Waals surface area contributed by atoms with Crippen LogP contribution in [0.3, 0.4) is 0 Å². The van der Waals surface area contributed by atoms with E-state index < -0.39 is 0 Å². The maximum Gasteiger partial charge on any atom is 0.207 e. The summed E-state index contributed by atoms with van der Waals surface area (Å²) in [6, 6.07) is 12.6. The largest absolute Gasteiger partial charge is 0.355 e. The van der Waals surface area contributed by atoms with Crippen LogP contribution in [0.4, 0.5) is 0 Å². The highest BCUT2D eigenvalue weighted by Gasteiger charge is 2.32. The quantitative estimate of drug-likeness (QED) is 0.528. The van der Waals surface area contributed by atoms with Gasteiger partial charge in [-0.05, 0) is 81.7 Å². The summed E-state index contributed by atoms with van der Waals surface area (Å²) in [6.07, 6.45) is 9.36. The monoisotopic (exact) mass is 498 g/mol. The third kappa shape index (κ3) is 5.32. The van der Waals surface area contributed by atoms with Gasteiger partial charge in [0, 0.05) is 47.7 Å². The van der Waals surface area contributed by atoms with Crippen LogP contribution in [0.15, 0.2) is 59.5 Å². The van der Waals surface area contributed by atoms with Gasteiger partial charge in [0.15, 0.2) is 0 Å². The Labute approximate surface area is 196 Å². The molecule has 0 bridgehead atoms. The first-order valence-electron chi connectivity index (χ1n) is 10.4. The number of aryl methyl sites for hydroxylation is 2. The number of likely N-dealkylation sites (tertiary alicyclic amines) is 1. The van der Waals surface area contributed by atoms with E-state index >= 15 is 0 Å². The molecule has 160 valence electrons. The number of nitrogens with zero attached hydrogens (tertiary/aromatic N) is 3. The molecule has 1 aromatic carbocycles. The maximum absolute atomic E-state index is 9.85. The van der Waals surface area contributed by atoms with Gasteiger partial charge in [0.2, 0.25) is 6.41 Å². The molecule has 1 saturated heterocycles. The predicted molar refractivity (Wildman–Crippen MR) is 126 cm³/mol. The average molecular weight is 500 g/mol. The van der Waals surface area contributed by atoms with Gasteiger partial charge in [-0.3, -0.25) is 19.7 Å². The third-order valence-corrected chi connectivity index (χ3v) is 6.33. The third-order valence-electron chi connectivity index (χ3n) is 5.66. The lowest BCUT2D eigenvalue weighted by Crippen LogP contribution is -2.41. The van der Waals surface area contributed by atoms with E-state index in [1.54, 1.807) is 12.4 Å². The van der Waals surface area contributed by atoms with Crippen molar-refractivity contribution in [1.82, 2.24) is 20.2 Å². The van der Waals surface area contributed by atoms with Crippen LogP contribution in [0.5, 0.6) is 0 Å². The standard InChI is InChI=1S/C17H16BrClN2.C7H8N2O/c18-13-8-12-3-2-11-9-14(19)4-5-15(11)17(16(12)20-10-13)21-6-1-7-21;10-6-9-5-7-2-1-3-8-4-7/h4-5,8-10,17H,1-3,6-7H2;1-4,6H,5H2,(H,9,10). The highest BCUT2D eigenvalue weighted by atomic mass is 79.9. The summed E-state index contributed by atoms with van der Waals surface area (Å²) in [5.41, 5.74) is 6.34. The van der Waals surface area contributed by atoms with Crippen molar-refractivity contribution in [2.24, 2.45) is 0 Å². The molecule has 1 atom stereocenters. The van der Waals surface area contributed by atoms with Crippen LogP contribution < -0.4 is 5.32 Å². The number of pyridine rings is 2. The second-order valence-electron chi connectivity index (χ2n) is 7.69. The fourth-order valence-corrected chi connectivity index (χ4v) is 4.62. The lowest BCUT2D eigenvalue weighted by molar-refractivity contribution is -0.109. The van der Waals surface area contributed by atoms with Crippen molar-refractivity contribution in [3.05, 3.63) is 92.4 Å². The molecule has 1 N–H and O–H groups in total. The van der Waals surface area contributed by atoms with Gasteiger partial charge in [-0.15, -0.1) is 0 Å². The van der Waals surface area contributed by atoms with E-state index in [0.29, 0.717) is 13.0 Å². The molecule has 7 heteroatoms. The first kappa shape index (κ1) is 21.9. The van der Waals surface area contributed by atoms with Gasteiger partial charge in [0.05, 0.1) is 11.7 Å². The minimum atomic E-state index is 0.289. The van der Waals surface area contributed by atoms with Crippen LogP contribution in [0.1, 0.15) is 40.4 Å². The zero-order valence-corrected chi connectivity index (χ0v) is 19.4. The van der Waals surface area contributed by atoms with Crippen molar-refractivity contribution in [1.29, 1.82) is 0 Å². The molecule has 3 heterocycles.